The number of furan rings is 1. The third kappa shape index (κ3) is 2.75. The number of amides is 1. The maximum Gasteiger partial charge on any atom is 0.271 e. The van der Waals surface area contributed by atoms with Gasteiger partial charge in [0, 0.05) is 23.3 Å². The van der Waals surface area contributed by atoms with Crippen molar-refractivity contribution in [2.24, 2.45) is 0 Å². The summed E-state index contributed by atoms with van der Waals surface area (Å²) >= 11 is 1.43. The van der Waals surface area contributed by atoms with E-state index in [1.807, 2.05) is 18.2 Å². The first-order chi connectivity index (χ1) is 9.83. The van der Waals surface area contributed by atoms with E-state index in [9.17, 15) is 4.79 Å². The number of aromatic nitrogens is 2. The van der Waals surface area contributed by atoms with Crippen LogP contribution in [0.25, 0.3) is 10.6 Å². The van der Waals surface area contributed by atoms with E-state index >= 15 is 0 Å². The van der Waals surface area contributed by atoms with Crippen LogP contribution in [0, 0.1) is 0 Å². The molecule has 3 heterocycles. The topological polar surface area (TPSA) is 68.0 Å². The van der Waals surface area contributed by atoms with Crippen LogP contribution in [0.3, 0.4) is 0 Å². The monoisotopic (exact) mass is 285 g/mol. The van der Waals surface area contributed by atoms with Gasteiger partial charge in [0.2, 0.25) is 0 Å². The lowest BCUT2D eigenvalue weighted by Crippen LogP contribution is -2.22. The van der Waals surface area contributed by atoms with Gasteiger partial charge in [-0.05, 0) is 24.3 Å². The molecular formula is C14H11N3O2S. The van der Waals surface area contributed by atoms with E-state index in [0.29, 0.717) is 18.0 Å². The summed E-state index contributed by atoms with van der Waals surface area (Å²) in [4.78, 5) is 20.2. The Balaban J connectivity index is 1.69. The van der Waals surface area contributed by atoms with Crippen molar-refractivity contribution in [3.05, 3.63) is 59.8 Å². The summed E-state index contributed by atoms with van der Waals surface area (Å²) in [7, 11) is 0. The smallest absolute Gasteiger partial charge is 0.271 e. The molecule has 0 aliphatic rings. The Morgan fingerprint density at radius 2 is 2.15 bits per heavy atom. The number of pyridine rings is 1. The summed E-state index contributed by atoms with van der Waals surface area (Å²) in [5.74, 6) is 0.501. The van der Waals surface area contributed by atoms with Crippen molar-refractivity contribution in [3.63, 3.8) is 0 Å². The molecule has 5 nitrogen and oxygen atoms in total. The molecule has 6 heteroatoms. The SMILES string of the molecule is O=C(NCc1ccco1)c1csc(-c2ccncc2)n1. The van der Waals surface area contributed by atoms with Crippen molar-refractivity contribution >= 4 is 17.2 Å². The van der Waals surface area contributed by atoms with Crippen LogP contribution in [0.2, 0.25) is 0 Å². The number of rotatable bonds is 4. The van der Waals surface area contributed by atoms with Crippen molar-refractivity contribution in [1.82, 2.24) is 15.3 Å². The fourth-order valence-corrected chi connectivity index (χ4v) is 2.48. The molecule has 0 saturated heterocycles. The van der Waals surface area contributed by atoms with Crippen LogP contribution in [-0.2, 0) is 6.54 Å². The van der Waals surface area contributed by atoms with Crippen LogP contribution < -0.4 is 5.32 Å². The summed E-state index contributed by atoms with van der Waals surface area (Å²) in [5.41, 5.74) is 1.36. The zero-order valence-electron chi connectivity index (χ0n) is 10.4. The molecule has 0 fully saturated rings. The summed E-state index contributed by atoms with van der Waals surface area (Å²) in [6.45, 7) is 0.355. The first-order valence-electron chi connectivity index (χ1n) is 5.99. The largest absolute Gasteiger partial charge is 0.467 e. The Labute approximate surface area is 119 Å². The van der Waals surface area contributed by atoms with Crippen molar-refractivity contribution in [3.8, 4) is 10.6 Å². The zero-order valence-corrected chi connectivity index (χ0v) is 11.3. The minimum absolute atomic E-state index is 0.210. The second kappa shape index (κ2) is 5.66. The molecule has 0 spiro atoms. The fourth-order valence-electron chi connectivity index (χ4n) is 1.68. The number of carbonyl (C=O) groups is 1. The highest BCUT2D eigenvalue weighted by atomic mass is 32.1. The average Bonchev–Trinajstić information content (AvgIpc) is 3.17. The minimum Gasteiger partial charge on any atom is -0.467 e. The summed E-state index contributed by atoms with van der Waals surface area (Å²) in [6, 6.07) is 7.32. The van der Waals surface area contributed by atoms with E-state index in [2.05, 4.69) is 15.3 Å². The Hall–Kier alpha value is -2.47. The molecular weight excluding hydrogens is 274 g/mol. The third-order valence-electron chi connectivity index (χ3n) is 2.67. The van der Waals surface area contributed by atoms with Gasteiger partial charge >= 0.3 is 0 Å². The quantitative estimate of drug-likeness (QED) is 0.800. The molecule has 0 aliphatic heterocycles. The first kappa shape index (κ1) is 12.6. The van der Waals surface area contributed by atoms with Gasteiger partial charge in [-0.1, -0.05) is 0 Å². The lowest BCUT2D eigenvalue weighted by Gasteiger charge is -1.99. The predicted octanol–water partition coefficient (Wildman–Crippen LogP) is 2.73. The van der Waals surface area contributed by atoms with Gasteiger partial charge in [0.1, 0.15) is 16.5 Å². The Bertz CT molecular complexity index is 692. The lowest BCUT2D eigenvalue weighted by molar-refractivity contribution is 0.0944. The van der Waals surface area contributed by atoms with Gasteiger partial charge in [0.25, 0.3) is 5.91 Å². The highest BCUT2D eigenvalue weighted by Crippen LogP contribution is 2.22. The normalized spacial score (nSPS) is 10.4. The predicted molar refractivity (Wildman–Crippen MR) is 75.2 cm³/mol. The van der Waals surface area contributed by atoms with E-state index in [-0.39, 0.29) is 5.91 Å². The molecule has 0 unspecified atom stereocenters. The van der Waals surface area contributed by atoms with Crippen LogP contribution >= 0.6 is 11.3 Å². The third-order valence-corrected chi connectivity index (χ3v) is 3.56. The molecule has 0 saturated carbocycles. The van der Waals surface area contributed by atoms with E-state index < -0.39 is 0 Å². The molecule has 20 heavy (non-hydrogen) atoms. The summed E-state index contributed by atoms with van der Waals surface area (Å²) in [6.07, 6.45) is 4.98. The summed E-state index contributed by atoms with van der Waals surface area (Å²) < 4.78 is 5.15. The number of hydrogen-bond acceptors (Lipinski definition) is 5. The summed E-state index contributed by atoms with van der Waals surface area (Å²) in [5, 5.41) is 5.31. The first-order valence-corrected chi connectivity index (χ1v) is 6.87. The molecule has 3 aromatic heterocycles. The van der Waals surface area contributed by atoms with Gasteiger partial charge in [-0.15, -0.1) is 11.3 Å². The molecule has 0 radical (unpaired) electrons. The van der Waals surface area contributed by atoms with Crippen molar-refractivity contribution in [1.29, 1.82) is 0 Å². The molecule has 1 N–H and O–H groups in total. The van der Waals surface area contributed by atoms with Crippen molar-refractivity contribution in [2.45, 2.75) is 6.54 Å². The zero-order chi connectivity index (χ0) is 13.8. The average molecular weight is 285 g/mol. The van der Waals surface area contributed by atoms with Crippen LogP contribution in [0.5, 0.6) is 0 Å². The van der Waals surface area contributed by atoms with Gasteiger partial charge in [-0.25, -0.2) is 4.98 Å². The number of nitrogens with one attached hydrogen (secondary N) is 1. The Morgan fingerprint density at radius 1 is 1.30 bits per heavy atom. The molecule has 0 aromatic carbocycles. The molecule has 3 rings (SSSR count). The number of carbonyl (C=O) groups excluding carboxylic acids is 1. The number of hydrogen-bond donors (Lipinski definition) is 1. The van der Waals surface area contributed by atoms with Crippen molar-refractivity contribution in [2.75, 3.05) is 0 Å². The second-order valence-electron chi connectivity index (χ2n) is 4.04. The van der Waals surface area contributed by atoms with E-state index in [4.69, 9.17) is 4.42 Å². The molecule has 100 valence electrons. The van der Waals surface area contributed by atoms with Gasteiger partial charge in [0.05, 0.1) is 12.8 Å². The Kier molecular flexibility index (Phi) is 3.56. The maximum atomic E-state index is 12.0. The van der Waals surface area contributed by atoms with Gasteiger partial charge in [0.15, 0.2) is 0 Å². The Morgan fingerprint density at radius 3 is 2.90 bits per heavy atom. The van der Waals surface area contributed by atoms with Crippen LogP contribution in [0.1, 0.15) is 16.2 Å². The highest BCUT2D eigenvalue weighted by molar-refractivity contribution is 7.13. The molecule has 3 aromatic rings. The maximum absolute atomic E-state index is 12.0. The molecule has 0 aliphatic carbocycles. The fraction of sp³-hybridized carbons (Fsp3) is 0.0714. The van der Waals surface area contributed by atoms with Gasteiger partial charge in [-0.3, -0.25) is 9.78 Å². The molecule has 0 atom stereocenters. The second-order valence-corrected chi connectivity index (χ2v) is 4.89. The number of thiazole rings is 1. The van der Waals surface area contributed by atoms with Crippen molar-refractivity contribution < 1.29 is 9.21 Å². The molecule has 0 bridgehead atoms. The van der Waals surface area contributed by atoms with Crippen LogP contribution in [-0.4, -0.2) is 15.9 Å². The highest BCUT2D eigenvalue weighted by Gasteiger charge is 2.11. The van der Waals surface area contributed by atoms with E-state index in [0.717, 1.165) is 10.6 Å². The van der Waals surface area contributed by atoms with Crippen LogP contribution in [0.4, 0.5) is 0 Å². The number of nitrogens with zero attached hydrogens (tertiary/aromatic N) is 2. The standard InChI is InChI=1S/C14H11N3O2S/c18-13(16-8-11-2-1-7-19-11)12-9-20-14(17-12)10-3-5-15-6-4-10/h1-7,9H,8H2,(H,16,18). The van der Waals surface area contributed by atoms with E-state index in [1.54, 1.807) is 30.1 Å². The van der Waals surface area contributed by atoms with Crippen LogP contribution in [0.15, 0.2) is 52.7 Å². The van der Waals surface area contributed by atoms with Gasteiger partial charge < -0.3 is 9.73 Å². The molecule has 1 amide bonds. The van der Waals surface area contributed by atoms with E-state index in [1.165, 1.54) is 11.3 Å². The minimum atomic E-state index is -0.210. The van der Waals surface area contributed by atoms with Gasteiger partial charge in [-0.2, -0.15) is 0 Å². The lowest BCUT2D eigenvalue weighted by atomic mass is 10.3.